The Morgan fingerprint density at radius 1 is 1.25 bits per heavy atom. The van der Waals surface area contributed by atoms with Crippen LogP contribution in [0.25, 0.3) is 0 Å². The van der Waals surface area contributed by atoms with E-state index in [1.54, 1.807) is 0 Å². The summed E-state index contributed by atoms with van der Waals surface area (Å²) in [7, 11) is 2.12. The normalized spacial score (nSPS) is 16.0. The van der Waals surface area contributed by atoms with Gasteiger partial charge in [0.1, 0.15) is 0 Å². The van der Waals surface area contributed by atoms with Crippen LogP contribution in [0.2, 0.25) is 0 Å². The predicted octanol–water partition coefficient (Wildman–Crippen LogP) is 2.85. The van der Waals surface area contributed by atoms with E-state index in [1.165, 1.54) is 25.7 Å². The first kappa shape index (κ1) is 15.2. The molecule has 1 heterocycles. The molecular weight excluding hydrogens is 248 g/mol. The number of hydrogen-bond acceptors (Lipinski definition) is 4. The van der Waals surface area contributed by atoms with E-state index in [2.05, 4.69) is 53.4 Å². The fourth-order valence-corrected chi connectivity index (χ4v) is 2.81. The number of nitrogens with zero attached hydrogens (tertiary/aromatic N) is 3. The molecule has 0 amide bonds. The summed E-state index contributed by atoms with van der Waals surface area (Å²) in [4.78, 5) is 2.24. The molecule has 4 heteroatoms. The second-order valence-electron chi connectivity index (χ2n) is 6.44. The highest BCUT2D eigenvalue weighted by atomic mass is 15.2. The maximum absolute atomic E-state index is 4.35. The van der Waals surface area contributed by atoms with E-state index in [0.29, 0.717) is 5.92 Å². The molecule has 2 rings (SSSR count). The monoisotopic (exact) mass is 276 g/mol. The van der Waals surface area contributed by atoms with Gasteiger partial charge in [0.15, 0.2) is 5.82 Å². The van der Waals surface area contributed by atoms with Crippen molar-refractivity contribution in [2.24, 2.45) is 11.8 Å². The Labute approximate surface area is 123 Å². The van der Waals surface area contributed by atoms with Crippen molar-refractivity contribution in [2.75, 3.05) is 25.0 Å². The van der Waals surface area contributed by atoms with Gasteiger partial charge in [0, 0.05) is 20.1 Å². The molecule has 0 radical (unpaired) electrons. The van der Waals surface area contributed by atoms with Gasteiger partial charge in [0.2, 0.25) is 0 Å². The van der Waals surface area contributed by atoms with Crippen LogP contribution < -0.4 is 10.2 Å². The van der Waals surface area contributed by atoms with Crippen molar-refractivity contribution in [1.82, 2.24) is 15.5 Å². The third-order valence-electron chi connectivity index (χ3n) is 3.96. The summed E-state index contributed by atoms with van der Waals surface area (Å²) in [6, 6.07) is 4.18. The van der Waals surface area contributed by atoms with Gasteiger partial charge in [-0.2, -0.15) is 5.10 Å². The van der Waals surface area contributed by atoms with Gasteiger partial charge in [-0.1, -0.05) is 26.7 Å². The first-order chi connectivity index (χ1) is 9.65. The molecular formula is C16H28N4. The highest BCUT2D eigenvalue weighted by Crippen LogP contribution is 2.26. The summed E-state index contributed by atoms with van der Waals surface area (Å²) in [6.07, 6.45) is 5.53. The number of hydrogen-bond donors (Lipinski definition) is 1. The molecule has 20 heavy (non-hydrogen) atoms. The molecule has 1 aliphatic carbocycles. The van der Waals surface area contributed by atoms with Crippen molar-refractivity contribution in [1.29, 1.82) is 0 Å². The maximum Gasteiger partial charge on any atom is 0.150 e. The molecule has 0 aliphatic heterocycles. The molecule has 1 aromatic rings. The predicted molar refractivity (Wildman–Crippen MR) is 83.8 cm³/mol. The van der Waals surface area contributed by atoms with E-state index < -0.39 is 0 Å². The second kappa shape index (κ2) is 7.58. The van der Waals surface area contributed by atoms with Gasteiger partial charge in [-0.3, -0.25) is 0 Å². The van der Waals surface area contributed by atoms with E-state index in [1.807, 2.05) is 0 Å². The van der Waals surface area contributed by atoms with Gasteiger partial charge in [-0.25, -0.2) is 0 Å². The van der Waals surface area contributed by atoms with E-state index in [0.717, 1.165) is 37.1 Å². The first-order valence-electron chi connectivity index (χ1n) is 7.89. The second-order valence-corrected chi connectivity index (χ2v) is 6.44. The average molecular weight is 276 g/mol. The Bertz CT molecular complexity index is 382. The van der Waals surface area contributed by atoms with Gasteiger partial charge in [-0.15, -0.1) is 5.10 Å². The molecule has 4 nitrogen and oxygen atoms in total. The molecule has 1 fully saturated rings. The third kappa shape index (κ3) is 4.75. The Kier molecular flexibility index (Phi) is 5.77. The van der Waals surface area contributed by atoms with Crippen LogP contribution in [-0.2, 0) is 6.54 Å². The quantitative estimate of drug-likeness (QED) is 0.831. The minimum Gasteiger partial charge on any atom is -0.358 e. The maximum atomic E-state index is 4.35. The molecule has 1 aromatic heterocycles. The summed E-state index contributed by atoms with van der Waals surface area (Å²) in [6.45, 7) is 7.35. The van der Waals surface area contributed by atoms with E-state index in [-0.39, 0.29) is 0 Å². The Hall–Kier alpha value is -1.16. The minimum absolute atomic E-state index is 0.666. The van der Waals surface area contributed by atoms with Gasteiger partial charge < -0.3 is 10.2 Å². The molecule has 0 saturated heterocycles. The van der Waals surface area contributed by atoms with Crippen LogP contribution in [0, 0.1) is 11.8 Å². The summed E-state index contributed by atoms with van der Waals surface area (Å²) >= 11 is 0. The van der Waals surface area contributed by atoms with Gasteiger partial charge in [0.25, 0.3) is 0 Å². The van der Waals surface area contributed by atoms with Crippen molar-refractivity contribution in [2.45, 2.75) is 46.1 Å². The van der Waals surface area contributed by atoms with Crippen molar-refractivity contribution in [3.63, 3.8) is 0 Å². The van der Waals surface area contributed by atoms with Crippen LogP contribution in [0.4, 0.5) is 5.82 Å². The number of rotatable bonds is 7. The first-order valence-corrected chi connectivity index (χ1v) is 7.89. The van der Waals surface area contributed by atoms with Gasteiger partial charge in [-0.05, 0) is 43.4 Å². The Morgan fingerprint density at radius 3 is 2.60 bits per heavy atom. The third-order valence-corrected chi connectivity index (χ3v) is 3.96. The number of aromatic nitrogens is 2. The fourth-order valence-electron chi connectivity index (χ4n) is 2.81. The van der Waals surface area contributed by atoms with Crippen molar-refractivity contribution < 1.29 is 0 Å². The smallest absolute Gasteiger partial charge is 0.150 e. The van der Waals surface area contributed by atoms with E-state index in [4.69, 9.17) is 0 Å². The molecule has 0 unspecified atom stereocenters. The largest absolute Gasteiger partial charge is 0.358 e. The average Bonchev–Trinajstić information content (AvgIpc) is 2.92. The van der Waals surface area contributed by atoms with E-state index >= 15 is 0 Å². The van der Waals surface area contributed by atoms with Crippen molar-refractivity contribution in [3.05, 3.63) is 17.8 Å². The van der Waals surface area contributed by atoms with Crippen LogP contribution >= 0.6 is 0 Å². The van der Waals surface area contributed by atoms with Crippen LogP contribution in [-0.4, -0.2) is 30.3 Å². The molecule has 1 saturated carbocycles. The minimum atomic E-state index is 0.666. The molecule has 1 aliphatic rings. The summed E-state index contributed by atoms with van der Waals surface area (Å²) < 4.78 is 0. The molecule has 112 valence electrons. The Morgan fingerprint density at radius 2 is 2.00 bits per heavy atom. The zero-order valence-electron chi connectivity index (χ0n) is 13.1. The highest BCUT2D eigenvalue weighted by Gasteiger charge is 2.17. The molecule has 0 atom stereocenters. The fraction of sp³-hybridized carbons (Fsp3) is 0.750. The summed E-state index contributed by atoms with van der Waals surface area (Å²) in [5.41, 5.74) is 1.02. The van der Waals surface area contributed by atoms with Crippen LogP contribution in [0.5, 0.6) is 0 Å². The zero-order chi connectivity index (χ0) is 14.4. The lowest BCUT2D eigenvalue weighted by Crippen LogP contribution is -2.25. The van der Waals surface area contributed by atoms with Crippen LogP contribution in [0.1, 0.15) is 45.2 Å². The molecule has 0 aromatic carbocycles. The topological polar surface area (TPSA) is 41.0 Å². The lowest BCUT2D eigenvalue weighted by Gasteiger charge is -2.21. The van der Waals surface area contributed by atoms with Crippen molar-refractivity contribution >= 4 is 5.82 Å². The van der Waals surface area contributed by atoms with Gasteiger partial charge in [0.05, 0.1) is 5.69 Å². The van der Waals surface area contributed by atoms with Crippen LogP contribution in [0.15, 0.2) is 12.1 Å². The van der Waals surface area contributed by atoms with Crippen LogP contribution in [0.3, 0.4) is 0 Å². The van der Waals surface area contributed by atoms with Gasteiger partial charge >= 0.3 is 0 Å². The molecule has 1 N–H and O–H groups in total. The number of nitrogens with one attached hydrogen (secondary N) is 1. The summed E-state index contributed by atoms with van der Waals surface area (Å²) in [5, 5.41) is 12.1. The zero-order valence-corrected chi connectivity index (χ0v) is 13.1. The SMILES string of the molecule is CC(C)CNCc1ccc(N(C)CC2CCCC2)nn1. The summed E-state index contributed by atoms with van der Waals surface area (Å²) in [5.74, 6) is 2.50. The number of anilines is 1. The lowest BCUT2D eigenvalue weighted by atomic mass is 10.1. The Balaban J connectivity index is 1.80. The van der Waals surface area contributed by atoms with Crippen molar-refractivity contribution in [3.8, 4) is 0 Å². The standard InChI is InChI=1S/C16H28N4/c1-13(2)10-17-11-15-8-9-16(19-18-15)20(3)12-14-6-4-5-7-14/h8-9,13-14,17H,4-7,10-12H2,1-3H3. The van der Waals surface area contributed by atoms with E-state index in [9.17, 15) is 0 Å². The lowest BCUT2D eigenvalue weighted by molar-refractivity contribution is 0.540. The highest BCUT2D eigenvalue weighted by molar-refractivity contribution is 5.36. The molecule has 0 bridgehead atoms. The molecule has 0 spiro atoms.